The van der Waals surface area contributed by atoms with Crippen LogP contribution in [0.15, 0.2) is 23.1 Å². The lowest BCUT2D eigenvalue weighted by Gasteiger charge is -2.08. The van der Waals surface area contributed by atoms with Gasteiger partial charge in [0.1, 0.15) is 5.75 Å². The molecule has 0 heterocycles. The van der Waals surface area contributed by atoms with Crippen molar-refractivity contribution in [2.75, 3.05) is 7.11 Å². The highest BCUT2D eigenvalue weighted by atomic mass is 32.2. The summed E-state index contributed by atoms with van der Waals surface area (Å²) in [5.74, 6) is -0.764. The molecule has 0 fully saturated rings. The van der Waals surface area contributed by atoms with Gasteiger partial charge in [0.05, 0.1) is 18.4 Å². The van der Waals surface area contributed by atoms with Gasteiger partial charge >= 0.3 is 5.97 Å². The molecule has 0 unspecified atom stereocenters. The second-order valence-corrected chi connectivity index (χ2v) is 4.65. The van der Waals surface area contributed by atoms with E-state index in [1.165, 1.54) is 25.3 Å². The van der Waals surface area contributed by atoms with Crippen LogP contribution in [-0.4, -0.2) is 26.6 Å². The van der Waals surface area contributed by atoms with Crippen molar-refractivity contribution < 1.29 is 23.1 Å². The van der Waals surface area contributed by atoms with Crippen LogP contribution in [0.4, 0.5) is 0 Å². The van der Waals surface area contributed by atoms with Gasteiger partial charge in [0, 0.05) is 5.56 Å². The van der Waals surface area contributed by atoms with Crippen LogP contribution in [0.2, 0.25) is 0 Å². The Morgan fingerprint density at radius 2 is 2.12 bits per heavy atom. The molecule has 6 nitrogen and oxygen atoms in total. The van der Waals surface area contributed by atoms with E-state index in [9.17, 15) is 13.2 Å². The molecule has 0 amide bonds. The molecule has 0 aliphatic heterocycles. The lowest BCUT2D eigenvalue weighted by molar-refractivity contribution is -0.136. The van der Waals surface area contributed by atoms with E-state index < -0.39 is 16.0 Å². The Morgan fingerprint density at radius 1 is 1.50 bits per heavy atom. The van der Waals surface area contributed by atoms with E-state index in [-0.39, 0.29) is 16.9 Å². The number of sulfonamides is 1. The molecule has 0 aromatic heterocycles. The van der Waals surface area contributed by atoms with Crippen molar-refractivity contribution in [1.82, 2.24) is 0 Å². The van der Waals surface area contributed by atoms with Crippen molar-refractivity contribution in [1.29, 1.82) is 0 Å². The number of benzene rings is 1. The highest BCUT2D eigenvalue weighted by molar-refractivity contribution is 7.89. The van der Waals surface area contributed by atoms with Gasteiger partial charge in [-0.25, -0.2) is 13.6 Å². The highest BCUT2D eigenvalue weighted by Gasteiger charge is 2.13. The van der Waals surface area contributed by atoms with Crippen molar-refractivity contribution in [2.24, 2.45) is 5.14 Å². The number of aliphatic carboxylic acids is 1. The molecule has 1 rings (SSSR count). The molecule has 0 aliphatic rings. The normalized spacial score (nSPS) is 11.1. The summed E-state index contributed by atoms with van der Waals surface area (Å²) in [4.78, 5) is 10.4. The first-order valence-corrected chi connectivity index (χ1v) is 5.80. The Bertz CT molecular complexity index is 509. The Hall–Kier alpha value is -1.60. The second kappa shape index (κ2) is 4.50. The molecule has 1 aromatic carbocycles. The summed E-state index contributed by atoms with van der Waals surface area (Å²) in [6.07, 6.45) is -0.327. The number of primary sulfonamides is 1. The van der Waals surface area contributed by atoms with Gasteiger partial charge in [-0.3, -0.25) is 4.79 Å². The fraction of sp³-hybridized carbons (Fsp3) is 0.222. The molecule has 0 radical (unpaired) electrons. The summed E-state index contributed by atoms with van der Waals surface area (Å²) < 4.78 is 27.0. The van der Waals surface area contributed by atoms with Crippen molar-refractivity contribution in [3.63, 3.8) is 0 Å². The zero-order chi connectivity index (χ0) is 12.3. The van der Waals surface area contributed by atoms with Gasteiger partial charge < -0.3 is 9.84 Å². The Balaban J connectivity index is 3.27. The van der Waals surface area contributed by atoms with E-state index in [0.717, 1.165) is 0 Å². The van der Waals surface area contributed by atoms with Crippen LogP contribution in [0.5, 0.6) is 5.75 Å². The third-order valence-electron chi connectivity index (χ3n) is 1.92. The maximum absolute atomic E-state index is 11.1. The van der Waals surface area contributed by atoms with Crippen molar-refractivity contribution >= 4 is 16.0 Å². The number of ether oxygens (including phenoxy) is 1. The number of rotatable bonds is 4. The molecule has 16 heavy (non-hydrogen) atoms. The maximum atomic E-state index is 11.1. The minimum atomic E-state index is -3.83. The van der Waals surface area contributed by atoms with Gasteiger partial charge in [-0.15, -0.1) is 0 Å². The fourth-order valence-electron chi connectivity index (χ4n) is 1.23. The third kappa shape index (κ3) is 2.94. The summed E-state index contributed by atoms with van der Waals surface area (Å²) in [6, 6.07) is 3.83. The number of carboxylic acids is 1. The van der Waals surface area contributed by atoms with Crippen LogP contribution in [0.3, 0.4) is 0 Å². The quantitative estimate of drug-likeness (QED) is 0.774. The average Bonchev–Trinajstić information content (AvgIpc) is 2.15. The molecular formula is C9H11NO5S. The predicted octanol–water partition coefficient (Wildman–Crippen LogP) is -0.0303. The summed E-state index contributed by atoms with van der Waals surface area (Å²) in [7, 11) is -2.46. The minimum Gasteiger partial charge on any atom is -0.496 e. The third-order valence-corrected chi connectivity index (χ3v) is 2.83. The summed E-state index contributed by atoms with van der Waals surface area (Å²) in [5.41, 5.74) is 0.265. The molecule has 7 heteroatoms. The van der Waals surface area contributed by atoms with E-state index in [4.69, 9.17) is 15.0 Å². The largest absolute Gasteiger partial charge is 0.496 e. The molecule has 88 valence electrons. The molecule has 0 saturated heterocycles. The zero-order valence-corrected chi connectivity index (χ0v) is 9.32. The van der Waals surface area contributed by atoms with Gasteiger partial charge in [-0.1, -0.05) is 0 Å². The fourth-order valence-corrected chi connectivity index (χ4v) is 1.80. The van der Waals surface area contributed by atoms with Gasteiger partial charge in [0.25, 0.3) is 0 Å². The van der Waals surface area contributed by atoms with Gasteiger partial charge in [-0.05, 0) is 18.2 Å². The lowest BCUT2D eigenvalue weighted by atomic mass is 10.1. The van der Waals surface area contributed by atoms with E-state index in [0.29, 0.717) is 5.75 Å². The lowest BCUT2D eigenvalue weighted by Crippen LogP contribution is -2.13. The van der Waals surface area contributed by atoms with Crippen molar-refractivity contribution in [3.8, 4) is 5.75 Å². The predicted molar refractivity (Wildman–Crippen MR) is 55.7 cm³/mol. The minimum absolute atomic E-state index is 0.135. The SMILES string of the molecule is COc1ccc(S(N)(=O)=O)cc1CC(=O)O. The Labute approximate surface area is 92.7 Å². The summed E-state index contributed by atoms with van der Waals surface area (Å²) in [6.45, 7) is 0. The van der Waals surface area contributed by atoms with E-state index >= 15 is 0 Å². The first-order chi connectivity index (χ1) is 7.34. The first kappa shape index (κ1) is 12.5. The zero-order valence-electron chi connectivity index (χ0n) is 8.50. The summed E-state index contributed by atoms with van der Waals surface area (Å²) in [5, 5.41) is 13.6. The van der Waals surface area contributed by atoms with Crippen LogP contribution in [0.25, 0.3) is 0 Å². The topological polar surface area (TPSA) is 107 Å². The monoisotopic (exact) mass is 245 g/mol. The van der Waals surface area contributed by atoms with Crippen molar-refractivity contribution in [2.45, 2.75) is 11.3 Å². The van der Waals surface area contributed by atoms with Crippen LogP contribution < -0.4 is 9.88 Å². The molecule has 1 aromatic rings. The summed E-state index contributed by atoms with van der Waals surface area (Å²) >= 11 is 0. The molecule has 0 atom stereocenters. The molecule has 0 saturated carbocycles. The standard InChI is InChI=1S/C9H11NO5S/c1-15-8-3-2-7(16(10,13)14)4-6(8)5-9(11)12/h2-4H,5H2,1H3,(H,11,12)(H2,10,13,14). The average molecular weight is 245 g/mol. The molecule has 0 bridgehead atoms. The number of hydrogen-bond donors (Lipinski definition) is 2. The van der Waals surface area contributed by atoms with Gasteiger partial charge in [0.15, 0.2) is 0 Å². The number of hydrogen-bond acceptors (Lipinski definition) is 4. The molecule has 0 aliphatic carbocycles. The van der Waals surface area contributed by atoms with Gasteiger partial charge in [-0.2, -0.15) is 0 Å². The van der Waals surface area contributed by atoms with Crippen molar-refractivity contribution in [3.05, 3.63) is 23.8 Å². The second-order valence-electron chi connectivity index (χ2n) is 3.09. The van der Waals surface area contributed by atoms with E-state index in [1.807, 2.05) is 0 Å². The van der Waals surface area contributed by atoms with Crippen LogP contribution in [0.1, 0.15) is 5.56 Å². The highest BCUT2D eigenvalue weighted by Crippen LogP contribution is 2.22. The number of methoxy groups -OCH3 is 1. The first-order valence-electron chi connectivity index (χ1n) is 4.26. The number of nitrogens with two attached hydrogens (primary N) is 1. The van der Waals surface area contributed by atoms with E-state index in [1.54, 1.807) is 0 Å². The van der Waals surface area contributed by atoms with Crippen LogP contribution in [-0.2, 0) is 21.2 Å². The van der Waals surface area contributed by atoms with Gasteiger partial charge in [0.2, 0.25) is 10.0 Å². The molecule has 3 N–H and O–H groups in total. The van der Waals surface area contributed by atoms with E-state index in [2.05, 4.69) is 0 Å². The number of carboxylic acid groups (broad SMARTS) is 1. The Morgan fingerprint density at radius 3 is 2.56 bits per heavy atom. The maximum Gasteiger partial charge on any atom is 0.307 e. The van der Waals surface area contributed by atoms with Crippen LogP contribution in [0, 0.1) is 0 Å². The smallest absolute Gasteiger partial charge is 0.307 e. The number of carbonyl (C=O) groups is 1. The molecule has 0 spiro atoms. The Kier molecular flexibility index (Phi) is 3.51. The molecular weight excluding hydrogens is 234 g/mol. The van der Waals surface area contributed by atoms with Crippen LogP contribution >= 0.6 is 0 Å².